The molecule has 0 bridgehead atoms. The van der Waals surface area contributed by atoms with Crippen molar-refractivity contribution >= 4 is 51.5 Å². The van der Waals surface area contributed by atoms with Crippen LogP contribution >= 0.6 is 27.5 Å². The summed E-state index contributed by atoms with van der Waals surface area (Å²) in [6.45, 7) is 2.68. The molecule has 0 unspecified atom stereocenters. The number of benzene rings is 3. The highest BCUT2D eigenvalue weighted by Gasteiger charge is 2.36. The van der Waals surface area contributed by atoms with Crippen LogP contribution in [0, 0.1) is 0 Å². The molecule has 0 saturated carbocycles. The van der Waals surface area contributed by atoms with E-state index in [1.54, 1.807) is 48.5 Å². The third kappa shape index (κ3) is 6.99. The van der Waals surface area contributed by atoms with Crippen LogP contribution < -0.4 is 19.5 Å². The van der Waals surface area contributed by atoms with Crippen LogP contribution in [0.2, 0.25) is 5.02 Å². The maximum atomic E-state index is 13.4. The van der Waals surface area contributed by atoms with Crippen molar-refractivity contribution in [1.29, 1.82) is 0 Å². The number of hydrogen-bond acceptors (Lipinski definition) is 6. The lowest BCUT2D eigenvalue weighted by Crippen LogP contribution is -2.53. The molecule has 0 atom stereocenters. The number of barbiturate groups is 1. The van der Waals surface area contributed by atoms with Gasteiger partial charge in [-0.15, -0.1) is 0 Å². The predicted octanol–water partition coefficient (Wildman–Crippen LogP) is 6.14. The van der Waals surface area contributed by atoms with Gasteiger partial charge < -0.3 is 14.2 Å². The van der Waals surface area contributed by atoms with E-state index in [0.717, 1.165) is 21.4 Å². The Labute approximate surface area is 239 Å². The molecule has 0 radical (unpaired) electrons. The van der Waals surface area contributed by atoms with Gasteiger partial charge in [-0.05, 0) is 66.1 Å². The lowest BCUT2D eigenvalue weighted by atomic mass is 10.1. The minimum absolute atomic E-state index is 0.0731. The Kier molecular flexibility index (Phi) is 9.27. The average molecular weight is 614 g/mol. The summed E-state index contributed by atoms with van der Waals surface area (Å²) in [4.78, 5) is 39.7. The fraction of sp³-hybridized carbons (Fsp3) is 0.207. The van der Waals surface area contributed by atoms with Gasteiger partial charge in [0.1, 0.15) is 17.9 Å². The van der Waals surface area contributed by atoms with Crippen molar-refractivity contribution in [2.24, 2.45) is 0 Å². The van der Waals surface area contributed by atoms with Gasteiger partial charge in [0.15, 0.2) is 11.5 Å². The Morgan fingerprint density at radius 2 is 1.74 bits per heavy atom. The van der Waals surface area contributed by atoms with E-state index >= 15 is 0 Å². The number of rotatable bonds is 10. The van der Waals surface area contributed by atoms with E-state index in [1.807, 2.05) is 19.1 Å². The van der Waals surface area contributed by atoms with Crippen LogP contribution in [0.25, 0.3) is 6.08 Å². The fourth-order valence-electron chi connectivity index (χ4n) is 3.87. The van der Waals surface area contributed by atoms with Crippen molar-refractivity contribution in [2.75, 3.05) is 13.7 Å². The molecule has 1 N–H and O–H groups in total. The van der Waals surface area contributed by atoms with E-state index < -0.39 is 17.8 Å². The molecule has 4 rings (SSSR count). The van der Waals surface area contributed by atoms with Crippen molar-refractivity contribution in [3.8, 4) is 17.2 Å². The largest absolute Gasteiger partial charge is 0.493 e. The SMILES string of the molecule is CCCOc1ccc(CN2C(=O)NC(=O)/C(=C\c3cc(Br)ccc3OCc3cccc(Cl)c3)C2=O)cc1OC. The van der Waals surface area contributed by atoms with Crippen molar-refractivity contribution in [2.45, 2.75) is 26.5 Å². The molecule has 1 fully saturated rings. The number of hydrogen-bond donors (Lipinski definition) is 1. The number of nitrogens with one attached hydrogen (secondary N) is 1. The van der Waals surface area contributed by atoms with Gasteiger partial charge in [-0.3, -0.25) is 19.8 Å². The number of nitrogens with zero attached hydrogens (tertiary/aromatic N) is 1. The Hall–Kier alpha value is -3.82. The van der Waals surface area contributed by atoms with Gasteiger partial charge in [0.2, 0.25) is 0 Å². The molecule has 8 nitrogen and oxygen atoms in total. The second-order valence-corrected chi connectivity index (χ2v) is 10.00. The Morgan fingerprint density at radius 1 is 0.949 bits per heavy atom. The number of methoxy groups -OCH3 is 1. The Balaban J connectivity index is 1.59. The number of urea groups is 1. The molecule has 10 heteroatoms. The van der Waals surface area contributed by atoms with E-state index in [9.17, 15) is 14.4 Å². The van der Waals surface area contributed by atoms with Crippen LogP contribution in [0.15, 0.2) is 70.7 Å². The second-order valence-electron chi connectivity index (χ2n) is 8.64. The molecule has 1 heterocycles. The summed E-state index contributed by atoms with van der Waals surface area (Å²) in [6, 6.07) is 16.8. The van der Waals surface area contributed by atoms with Crippen molar-refractivity contribution in [3.63, 3.8) is 0 Å². The van der Waals surface area contributed by atoms with Crippen LogP contribution in [0.4, 0.5) is 4.79 Å². The lowest BCUT2D eigenvalue weighted by Gasteiger charge is -2.26. The molecule has 0 aromatic heterocycles. The predicted molar refractivity (Wildman–Crippen MR) is 151 cm³/mol. The Bertz CT molecular complexity index is 1440. The third-order valence-electron chi connectivity index (χ3n) is 5.77. The normalized spacial score (nSPS) is 14.4. The monoisotopic (exact) mass is 612 g/mol. The summed E-state index contributed by atoms with van der Waals surface area (Å²) in [5.41, 5.74) is 1.77. The second kappa shape index (κ2) is 12.8. The highest BCUT2D eigenvalue weighted by molar-refractivity contribution is 9.10. The molecule has 39 heavy (non-hydrogen) atoms. The third-order valence-corrected chi connectivity index (χ3v) is 6.50. The first kappa shape index (κ1) is 28.2. The standard InChI is InChI=1S/C29H26BrClN2O6/c1-3-11-38-25-9-7-18(13-26(25)37-2)16-33-28(35)23(27(34)32-29(33)36)15-20-14-21(30)8-10-24(20)39-17-19-5-4-6-22(31)12-19/h4-10,12-15H,3,11,16-17H2,1-2H3,(H,32,34,36)/b23-15+. The number of carbonyl (C=O) groups excluding carboxylic acids is 3. The van der Waals surface area contributed by atoms with Gasteiger partial charge in [-0.2, -0.15) is 0 Å². The summed E-state index contributed by atoms with van der Waals surface area (Å²) < 4.78 is 17.8. The first-order chi connectivity index (χ1) is 18.8. The van der Waals surface area contributed by atoms with Gasteiger partial charge in [-0.25, -0.2) is 4.79 Å². The summed E-state index contributed by atoms with van der Waals surface area (Å²) in [5, 5.41) is 2.84. The van der Waals surface area contributed by atoms with E-state index in [2.05, 4.69) is 21.2 Å². The minimum atomic E-state index is -0.806. The van der Waals surface area contributed by atoms with Crippen LogP contribution in [0.3, 0.4) is 0 Å². The van der Waals surface area contributed by atoms with Crippen LogP contribution in [0.5, 0.6) is 17.2 Å². The summed E-state index contributed by atoms with van der Waals surface area (Å²) >= 11 is 9.49. The molecule has 202 valence electrons. The number of ether oxygens (including phenoxy) is 3. The van der Waals surface area contributed by atoms with Gasteiger partial charge in [0.25, 0.3) is 11.8 Å². The van der Waals surface area contributed by atoms with E-state index in [1.165, 1.54) is 13.2 Å². The van der Waals surface area contributed by atoms with Gasteiger partial charge >= 0.3 is 6.03 Å². The number of imide groups is 2. The molecule has 1 saturated heterocycles. The number of carbonyl (C=O) groups is 3. The molecule has 4 amide bonds. The smallest absolute Gasteiger partial charge is 0.331 e. The fourth-order valence-corrected chi connectivity index (χ4v) is 4.46. The van der Waals surface area contributed by atoms with Gasteiger partial charge in [0, 0.05) is 15.1 Å². The molecule has 1 aliphatic rings. The number of halogens is 2. The first-order valence-electron chi connectivity index (χ1n) is 12.1. The molecular formula is C29H26BrClN2O6. The van der Waals surface area contributed by atoms with E-state index in [0.29, 0.717) is 40.0 Å². The number of amides is 4. The molecule has 3 aromatic rings. The first-order valence-corrected chi connectivity index (χ1v) is 13.3. The zero-order valence-electron chi connectivity index (χ0n) is 21.3. The molecular weight excluding hydrogens is 588 g/mol. The molecule has 0 aliphatic carbocycles. The highest BCUT2D eigenvalue weighted by atomic mass is 79.9. The summed E-state index contributed by atoms with van der Waals surface area (Å²) in [7, 11) is 1.51. The molecule has 3 aromatic carbocycles. The minimum Gasteiger partial charge on any atom is -0.493 e. The van der Waals surface area contributed by atoms with E-state index in [4.69, 9.17) is 25.8 Å². The van der Waals surface area contributed by atoms with Crippen LogP contribution in [-0.4, -0.2) is 36.5 Å². The zero-order chi connectivity index (χ0) is 27.9. The molecule has 1 aliphatic heterocycles. The molecule has 0 spiro atoms. The average Bonchev–Trinajstić information content (AvgIpc) is 2.92. The topological polar surface area (TPSA) is 94.2 Å². The lowest BCUT2D eigenvalue weighted by molar-refractivity contribution is -0.130. The highest BCUT2D eigenvalue weighted by Crippen LogP contribution is 2.30. The maximum Gasteiger partial charge on any atom is 0.331 e. The van der Waals surface area contributed by atoms with Crippen molar-refractivity contribution in [1.82, 2.24) is 10.2 Å². The van der Waals surface area contributed by atoms with Gasteiger partial charge in [0.05, 0.1) is 20.3 Å². The van der Waals surface area contributed by atoms with Crippen molar-refractivity contribution in [3.05, 3.63) is 92.4 Å². The Morgan fingerprint density at radius 3 is 2.49 bits per heavy atom. The van der Waals surface area contributed by atoms with Crippen molar-refractivity contribution < 1.29 is 28.6 Å². The van der Waals surface area contributed by atoms with Gasteiger partial charge in [-0.1, -0.05) is 52.7 Å². The van der Waals surface area contributed by atoms with Crippen LogP contribution in [0.1, 0.15) is 30.0 Å². The van der Waals surface area contributed by atoms with Crippen LogP contribution in [-0.2, 0) is 22.7 Å². The maximum absolute atomic E-state index is 13.4. The summed E-state index contributed by atoms with van der Waals surface area (Å²) in [5.74, 6) is -0.0265. The zero-order valence-corrected chi connectivity index (χ0v) is 23.7. The quantitative estimate of drug-likeness (QED) is 0.218. The summed E-state index contributed by atoms with van der Waals surface area (Å²) in [6.07, 6.45) is 2.25. The van der Waals surface area contributed by atoms with E-state index in [-0.39, 0.29) is 18.7 Å².